The number of nitrogens with zero attached hydrogens (tertiary/aromatic N) is 2. The van der Waals surface area contributed by atoms with E-state index in [0.717, 1.165) is 11.3 Å². The number of aromatic nitrogens is 2. The van der Waals surface area contributed by atoms with Crippen molar-refractivity contribution in [3.63, 3.8) is 0 Å². The van der Waals surface area contributed by atoms with Gasteiger partial charge in [0.1, 0.15) is 0 Å². The summed E-state index contributed by atoms with van der Waals surface area (Å²) in [5, 5.41) is 0. The fourth-order valence-corrected chi connectivity index (χ4v) is 0.898. The standard InChI is InChI=1S/C6H6FN.C6H7N/c1-5-2-3-6(7)8-4-5;1-6-4-2-3-5-7-6/h2-4H,1H3;2-5H,1H3. The number of aryl methyl sites for hydroxylation is 2. The molecule has 0 aromatic carbocycles. The van der Waals surface area contributed by atoms with Gasteiger partial charge in [0.25, 0.3) is 0 Å². The molecule has 0 radical (unpaired) electrons. The second-order valence-corrected chi connectivity index (χ2v) is 3.13. The molecule has 0 bridgehead atoms. The minimum atomic E-state index is -0.421. The van der Waals surface area contributed by atoms with Crippen molar-refractivity contribution in [2.75, 3.05) is 0 Å². The van der Waals surface area contributed by atoms with E-state index in [1.165, 1.54) is 12.3 Å². The minimum Gasteiger partial charge on any atom is -0.262 e. The van der Waals surface area contributed by atoms with E-state index in [1.54, 1.807) is 12.3 Å². The molecule has 15 heavy (non-hydrogen) atoms. The molecule has 2 nitrogen and oxygen atoms in total. The molecule has 0 saturated heterocycles. The van der Waals surface area contributed by atoms with E-state index in [-0.39, 0.29) is 0 Å². The highest BCUT2D eigenvalue weighted by atomic mass is 19.1. The summed E-state index contributed by atoms with van der Waals surface area (Å²) in [6.07, 6.45) is 3.28. The lowest BCUT2D eigenvalue weighted by Gasteiger charge is -1.86. The quantitative estimate of drug-likeness (QED) is 0.616. The van der Waals surface area contributed by atoms with E-state index in [0.29, 0.717) is 0 Å². The molecule has 0 saturated carbocycles. The molecule has 0 amide bonds. The van der Waals surface area contributed by atoms with Crippen molar-refractivity contribution < 1.29 is 4.39 Å². The Kier molecular flexibility index (Phi) is 4.41. The Morgan fingerprint density at radius 3 is 2.13 bits per heavy atom. The molecular weight excluding hydrogens is 191 g/mol. The zero-order valence-electron chi connectivity index (χ0n) is 8.81. The molecule has 78 valence electrons. The first kappa shape index (κ1) is 11.3. The molecule has 0 aliphatic heterocycles. The van der Waals surface area contributed by atoms with Crippen LogP contribution in [0.2, 0.25) is 0 Å². The van der Waals surface area contributed by atoms with Crippen molar-refractivity contribution in [1.29, 1.82) is 0 Å². The van der Waals surface area contributed by atoms with Gasteiger partial charge < -0.3 is 0 Å². The van der Waals surface area contributed by atoms with E-state index in [2.05, 4.69) is 9.97 Å². The van der Waals surface area contributed by atoms with E-state index >= 15 is 0 Å². The molecule has 0 fully saturated rings. The minimum absolute atomic E-state index is 0.421. The molecule has 3 heteroatoms. The van der Waals surface area contributed by atoms with E-state index < -0.39 is 5.95 Å². The molecule has 0 spiro atoms. The Balaban J connectivity index is 0.000000151. The van der Waals surface area contributed by atoms with Crippen LogP contribution in [0, 0.1) is 19.8 Å². The van der Waals surface area contributed by atoms with E-state index in [1.807, 2.05) is 32.0 Å². The molecule has 0 unspecified atom stereocenters. The van der Waals surface area contributed by atoms with Crippen molar-refractivity contribution in [1.82, 2.24) is 9.97 Å². The van der Waals surface area contributed by atoms with Crippen LogP contribution in [-0.4, -0.2) is 9.97 Å². The van der Waals surface area contributed by atoms with Gasteiger partial charge in [0.2, 0.25) is 5.95 Å². The van der Waals surface area contributed by atoms with Gasteiger partial charge in [-0.15, -0.1) is 0 Å². The number of halogens is 1. The number of hydrogen-bond donors (Lipinski definition) is 0. The van der Waals surface area contributed by atoms with Gasteiger partial charge in [0.05, 0.1) is 0 Å². The SMILES string of the molecule is Cc1ccc(F)nc1.Cc1ccccn1. The van der Waals surface area contributed by atoms with Gasteiger partial charge in [0, 0.05) is 18.1 Å². The van der Waals surface area contributed by atoms with Crippen LogP contribution in [0.5, 0.6) is 0 Å². The lowest BCUT2D eigenvalue weighted by molar-refractivity contribution is 0.583. The maximum absolute atomic E-state index is 12.0. The lowest BCUT2D eigenvalue weighted by Crippen LogP contribution is -1.79. The lowest BCUT2D eigenvalue weighted by atomic mass is 10.3. The number of pyridine rings is 2. The van der Waals surface area contributed by atoms with Gasteiger partial charge in [-0.2, -0.15) is 4.39 Å². The fraction of sp³-hybridized carbons (Fsp3) is 0.167. The van der Waals surface area contributed by atoms with Crippen LogP contribution in [0.15, 0.2) is 42.7 Å². The zero-order chi connectivity index (χ0) is 11.1. The van der Waals surface area contributed by atoms with Crippen molar-refractivity contribution >= 4 is 0 Å². The highest BCUT2D eigenvalue weighted by Gasteiger charge is 1.85. The largest absolute Gasteiger partial charge is 0.262 e. The third kappa shape index (κ3) is 4.86. The topological polar surface area (TPSA) is 25.8 Å². The average molecular weight is 204 g/mol. The molecule has 0 aliphatic rings. The first-order valence-corrected chi connectivity index (χ1v) is 4.64. The van der Waals surface area contributed by atoms with Crippen molar-refractivity contribution in [3.05, 3.63) is 59.9 Å². The van der Waals surface area contributed by atoms with Crippen molar-refractivity contribution in [2.24, 2.45) is 0 Å². The van der Waals surface area contributed by atoms with Crippen LogP contribution >= 0.6 is 0 Å². The molecule has 2 aromatic rings. The van der Waals surface area contributed by atoms with Crippen molar-refractivity contribution in [2.45, 2.75) is 13.8 Å². The molecule has 2 rings (SSSR count). The number of hydrogen-bond acceptors (Lipinski definition) is 2. The van der Waals surface area contributed by atoms with Gasteiger partial charge in [-0.05, 0) is 37.6 Å². The summed E-state index contributed by atoms with van der Waals surface area (Å²) < 4.78 is 12.0. The van der Waals surface area contributed by atoms with Crippen LogP contribution in [0.25, 0.3) is 0 Å². The van der Waals surface area contributed by atoms with Gasteiger partial charge in [0.15, 0.2) is 0 Å². The Hall–Kier alpha value is -1.77. The third-order valence-electron chi connectivity index (χ3n) is 1.69. The number of rotatable bonds is 0. The molecular formula is C12H13FN2. The fourth-order valence-electron chi connectivity index (χ4n) is 0.898. The van der Waals surface area contributed by atoms with Gasteiger partial charge in [-0.25, -0.2) is 4.98 Å². The Morgan fingerprint density at radius 1 is 1.00 bits per heavy atom. The van der Waals surface area contributed by atoms with Gasteiger partial charge in [-0.1, -0.05) is 12.1 Å². The van der Waals surface area contributed by atoms with E-state index in [4.69, 9.17) is 0 Å². The molecule has 0 atom stereocenters. The average Bonchev–Trinajstić information content (AvgIpc) is 2.25. The predicted octanol–water partition coefficient (Wildman–Crippen LogP) is 2.92. The third-order valence-corrected chi connectivity index (χ3v) is 1.69. The van der Waals surface area contributed by atoms with Gasteiger partial charge >= 0.3 is 0 Å². The smallest absolute Gasteiger partial charge is 0.212 e. The van der Waals surface area contributed by atoms with E-state index in [9.17, 15) is 4.39 Å². The highest BCUT2D eigenvalue weighted by Crippen LogP contribution is 1.94. The molecule has 0 aliphatic carbocycles. The normalized spacial score (nSPS) is 9.00. The second kappa shape index (κ2) is 5.86. The van der Waals surface area contributed by atoms with Crippen LogP contribution in [0.4, 0.5) is 4.39 Å². The van der Waals surface area contributed by atoms with Crippen LogP contribution in [0.1, 0.15) is 11.3 Å². The summed E-state index contributed by atoms with van der Waals surface area (Å²) in [5.74, 6) is -0.421. The summed E-state index contributed by atoms with van der Waals surface area (Å²) in [5.41, 5.74) is 2.05. The summed E-state index contributed by atoms with van der Waals surface area (Å²) >= 11 is 0. The summed E-state index contributed by atoms with van der Waals surface area (Å²) in [4.78, 5) is 7.39. The van der Waals surface area contributed by atoms with Crippen LogP contribution < -0.4 is 0 Å². The summed E-state index contributed by atoms with van der Waals surface area (Å²) in [6, 6.07) is 8.88. The van der Waals surface area contributed by atoms with Crippen molar-refractivity contribution in [3.8, 4) is 0 Å². The van der Waals surface area contributed by atoms with Crippen LogP contribution in [-0.2, 0) is 0 Å². The first-order valence-electron chi connectivity index (χ1n) is 4.64. The Bertz CT molecular complexity index is 363. The first-order chi connectivity index (χ1) is 7.18. The molecule has 0 N–H and O–H groups in total. The summed E-state index contributed by atoms with van der Waals surface area (Å²) in [6.45, 7) is 3.84. The monoisotopic (exact) mass is 204 g/mol. The maximum Gasteiger partial charge on any atom is 0.212 e. The van der Waals surface area contributed by atoms with Crippen LogP contribution in [0.3, 0.4) is 0 Å². The summed E-state index contributed by atoms with van der Waals surface area (Å²) in [7, 11) is 0. The second-order valence-electron chi connectivity index (χ2n) is 3.13. The van der Waals surface area contributed by atoms with Gasteiger partial charge in [-0.3, -0.25) is 4.98 Å². The zero-order valence-corrected chi connectivity index (χ0v) is 8.81. The molecule has 2 heterocycles. The maximum atomic E-state index is 12.0. The Morgan fingerprint density at radius 2 is 1.80 bits per heavy atom. The molecule has 2 aromatic heterocycles. The highest BCUT2D eigenvalue weighted by molar-refractivity contribution is 5.05. The Labute approximate surface area is 88.8 Å². The predicted molar refractivity (Wildman–Crippen MR) is 57.9 cm³/mol.